The number of nitriles is 2. The first-order valence-electron chi connectivity index (χ1n) is 6.10. The molecule has 0 amide bonds. The molecule has 1 fully saturated rings. The molecular weight excluding hydrogens is 212 g/mol. The third kappa shape index (κ3) is 2.47. The zero-order valence-electron chi connectivity index (χ0n) is 10.1. The van der Waals surface area contributed by atoms with Crippen molar-refractivity contribution >= 4 is 0 Å². The molecule has 1 saturated carbocycles. The number of rotatable bonds is 2. The van der Waals surface area contributed by atoms with Crippen molar-refractivity contribution in [2.24, 2.45) is 11.8 Å². The Morgan fingerprint density at radius 1 is 1.41 bits per heavy atom. The molecule has 1 aliphatic carbocycles. The Morgan fingerprint density at radius 3 is 2.88 bits per heavy atom. The van der Waals surface area contributed by atoms with Gasteiger partial charge in [-0.15, -0.1) is 0 Å². The van der Waals surface area contributed by atoms with Crippen molar-refractivity contribution in [1.82, 2.24) is 9.55 Å². The fourth-order valence-corrected chi connectivity index (χ4v) is 2.72. The van der Waals surface area contributed by atoms with Crippen LogP contribution in [0.2, 0.25) is 0 Å². The molecule has 88 valence electrons. The summed E-state index contributed by atoms with van der Waals surface area (Å²) >= 11 is 0. The van der Waals surface area contributed by atoms with Crippen molar-refractivity contribution in [2.75, 3.05) is 0 Å². The van der Waals surface area contributed by atoms with E-state index in [1.165, 1.54) is 25.7 Å². The van der Waals surface area contributed by atoms with Crippen LogP contribution in [0.4, 0.5) is 0 Å². The maximum atomic E-state index is 9.04. The van der Waals surface area contributed by atoms with E-state index in [9.17, 15) is 0 Å². The number of aromatic nitrogens is 2. The van der Waals surface area contributed by atoms with Gasteiger partial charge in [0.05, 0.1) is 6.33 Å². The van der Waals surface area contributed by atoms with Crippen LogP contribution in [0.25, 0.3) is 0 Å². The van der Waals surface area contributed by atoms with Gasteiger partial charge in [0, 0.05) is 6.54 Å². The van der Waals surface area contributed by atoms with Crippen molar-refractivity contribution in [3.63, 3.8) is 0 Å². The highest BCUT2D eigenvalue weighted by Crippen LogP contribution is 2.29. The first-order chi connectivity index (χ1) is 8.24. The van der Waals surface area contributed by atoms with Crippen molar-refractivity contribution in [2.45, 2.75) is 39.2 Å². The lowest BCUT2D eigenvalue weighted by Crippen LogP contribution is -2.19. The zero-order valence-corrected chi connectivity index (χ0v) is 10.1. The summed E-state index contributed by atoms with van der Waals surface area (Å²) in [6, 6.07) is 4.03. The summed E-state index contributed by atoms with van der Waals surface area (Å²) < 4.78 is 1.83. The quantitative estimate of drug-likeness (QED) is 0.780. The molecule has 0 spiro atoms. The van der Waals surface area contributed by atoms with Gasteiger partial charge in [0.15, 0.2) is 11.4 Å². The molecule has 1 heterocycles. The maximum Gasteiger partial charge on any atom is 0.176 e. The molecule has 2 atom stereocenters. The van der Waals surface area contributed by atoms with Gasteiger partial charge in [-0.05, 0) is 24.7 Å². The van der Waals surface area contributed by atoms with Crippen LogP contribution in [0.1, 0.15) is 44.0 Å². The molecule has 0 saturated heterocycles. The second-order valence-corrected chi connectivity index (χ2v) is 4.96. The smallest absolute Gasteiger partial charge is 0.176 e. The summed E-state index contributed by atoms with van der Waals surface area (Å²) in [5, 5.41) is 17.9. The summed E-state index contributed by atoms with van der Waals surface area (Å²) in [5.74, 6) is 1.39. The highest BCUT2D eigenvalue weighted by Gasteiger charge is 2.21. The first-order valence-corrected chi connectivity index (χ1v) is 6.10. The molecule has 1 aromatic heterocycles. The van der Waals surface area contributed by atoms with Crippen LogP contribution < -0.4 is 0 Å². The predicted octanol–water partition coefficient (Wildman–Crippen LogP) is 2.45. The molecule has 1 aliphatic rings. The van der Waals surface area contributed by atoms with E-state index in [1.54, 1.807) is 6.33 Å². The molecule has 0 unspecified atom stereocenters. The summed E-state index contributed by atoms with van der Waals surface area (Å²) in [4.78, 5) is 3.97. The van der Waals surface area contributed by atoms with Gasteiger partial charge in [-0.1, -0.05) is 19.8 Å². The monoisotopic (exact) mass is 228 g/mol. The lowest BCUT2D eigenvalue weighted by molar-refractivity contribution is 0.256. The van der Waals surface area contributed by atoms with Crippen molar-refractivity contribution in [3.05, 3.63) is 17.7 Å². The maximum absolute atomic E-state index is 9.04. The van der Waals surface area contributed by atoms with Gasteiger partial charge in [-0.25, -0.2) is 4.98 Å². The van der Waals surface area contributed by atoms with Gasteiger partial charge in [0.25, 0.3) is 0 Å². The fourth-order valence-electron chi connectivity index (χ4n) is 2.72. The van der Waals surface area contributed by atoms with E-state index in [2.05, 4.69) is 18.0 Å². The lowest BCUT2D eigenvalue weighted by atomic mass is 9.82. The van der Waals surface area contributed by atoms with Crippen LogP contribution in [-0.4, -0.2) is 9.55 Å². The zero-order chi connectivity index (χ0) is 12.3. The van der Waals surface area contributed by atoms with Crippen molar-refractivity contribution in [1.29, 1.82) is 10.5 Å². The topological polar surface area (TPSA) is 65.4 Å². The Hall–Kier alpha value is -1.81. The summed E-state index contributed by atoms with van der Waals surface area (Å²) in [6.07, 6.45) is 6.64. The van der Waals surface area contributed by atoms with E-state index in [0.29, 0.717) is 11.6 Å². The first kappa shape index (κ1) is 11.7. The SMILES string of the molecule is C[C@@H]1CCC[C@H](Cn2cnc(C#N)c2C#N)C1. The summed E-state index contributed by atoms with van der Waals surface area (Å²) in [7, 11) is 0. The minimum absolute atomic E-state index is 0.247. The average molecular weight is 228 g/mol. The Bertz CT molecular complexity index is 475. The third-order valence-electron chi connectivity index (χ3n) is 3.55. The van der Waals surface area contributed by atoms with Gasteiger partial charge < -0.3 is 4.57 Å². The van der Waals surface area contributed by atoms with E-state index in [1.807, 2.05) is 10.6 Å². The standard InChI is InChI=1S/C13H16N4/c1-10-3-2-4-11(5-10)8-17-9-16-12(6-14)13(17)7-15/h9-11H,2-5,8H2,1H3/t10-,11+/m1/s1. The van der Waals surface area contributed by atoms with Crippen LogP contribution in [0, 0.1) is 34.5 Å². The van der Waals surface area contributed by atoms with Crippen molar-refractivity contribution < 1.29 is 0 Å². The van der Waals surface area contributed by atoms with Crippen LogP contribution in [0.5, 0.6) is 0 Å². The molecule has 0 N–H and O–H groups in total. The van der Waals surface area contributed by atoms with Crippen LogP contribution in [0.3, 0.4) is 0 Å². The largest absolute Gasteiger partial charge is 0.321 e. The predicted molar refractivity (Wildman–Crippen MR) is 62.8 cm³/mol. The minimum atomic E-state index is 0.247. The molecule has 0 bridgehead atoms. The Labute approximate surface area is 101 Å². The van der Waals surface area contributed by atoms with Crippen LogP contribution in [0.15, 0.2) is 6.33 Å². The normalized spacial score (nSPS) is 23.9. The molecule has 0 aromatic carbocycles. The second-order valence-electron chi connectivity index (χ2n) is 4.96. The molecule has 2 rings (SSSR count). The Morgan fingerprint density at radius 2 is 2.24 bits per heavy atom. The molecule has 0 aliphatic heterocycles. The average Bonchev–Trinajstić information content (AvgIpc) is 2.71. The van der Waals surface area contributed by atoms with E-state index < -0.39 is 0 Å². The number of hydrogen-bond donors (Lipinski definition) is 0. The summed E-state index contributed by atoms with van der Waals surface area (Å²) in [5.41, 5.74) is 0.655. The highest BCUT2D eigenvalue weighted by atomic mass is 15.1. The number of nitrogens with zero attached hydrogens (tertiary/aromatic N) is 4. The van der Waals surface area contributed by atoms with Gasteiger partial charge in [0.1, 0.15) is 12.1 Å². The molecule has 17 heavy (non-hydrogen) atoms. The van der Waals surface area contributed by atoms with Crippen LogP contribution >= 0.6 is 0 Å². The van der Waals surface area contributed by atoms with Crippen LogP contribution in [-0.2, 0) is 6.54 Å². The number of hydrogen-bond acceptors (Lipinski definition) is 3. The van der Waals surface area contributed by atoms with E-state index in [4.69, 9.17) is 10.5 Å². The minimum Gasteiger partial charge on any atom is -0.321 e. The van der Waals surface area contributed by atoms with E-state index in [0.717, 1.165) is 12.5 Å². The van der Waals surface area contributed by atoms with Crippen molar-refractivity contribution in [3.8, 4) is 12.1 Å². The number of imidazole rings is 1. The lowest BCUT2D eigenvalue weighted by Gasteiger charge is -2.26. The fraction of sp³-hybridized carbons (Fsp3) is 0.615. The van der Waals surface area contributed by atoms with Gasteiger partial charge in [-0.2, -0.15) is 10.5 Å². The van der Waals surface area contributed by atoms with Gasteiger partial charge in [0.2, 0.25) is 0 Å². The van der Waals surface area contributed by atoms with E-state index >= 15 is 0 Å². The van der Waals surface area contributed by atoms with Gasteiger partial charge >= 0.3 is 0 Å². The third-order valence-corrected chi connectivity index (χ3v) is 3.55. The van der Waals surface area contributed by atoms with E-state index in [-0.39, 0.29) is 5.69 Å². The molecular formula is C13H16N4. The molecule has 0 radical (unpaired) electrons. The Balaban J connectivity index is 2.11. The Kier molecular flexibility index (Phi) is 3.44. The molecule has 4 heteroatoms. The molecule has 4 nitrogen and oxygen atoms in total. The molecule has 1 aromatic rings. The van der Waals surface area contributed by atoms with Gasteiger partial charge in [-0.3, -0.25) is 0 Å². The summed E-state index contributed by atoms with van der Waals surface area (Å²) in [6.45, 7) is 3.11. The highest BCUT2D eigenvalue weighted by molar-refractivity contribution is 5.36. The second kappa shape index (κ2) is 5.01.